The van der Waals surface area contributed by atoms with Gasteiger partial charge in [0.1, 0.15) is 18.2 Å². The number of ether oxygens (including phenoxy) is 1. The molecule has 0 radical (unpaired) electrons. The van der Waals surface area contributed by atoms with E-state index in [0.717, 1.165) is 17.0 Å². The number of halogens is 3. The normalized spacial score (nSPS) is 10.5. The lowest BCUT2D eigenvalue weighted by atomic mass is 10.2. The highest BCUT2D eigenvalue weighted by molar-refractivity contribution is 9.10. The number of hydrogen-bond donors (Lipinski definition) is 0. The summed E-state index contributed by atoms with van der Waals surface area (Å²) in [7, 11) is 0. The number of nitrogens with zero attached hydrogens (tertiary/aromatic N) is 1. The number of hydrogen-bond acceptors (Lipinski definition) is 2. The smallest absolute Gasteiger partial charge is 0.142 e. The molecule has 0 unspecified atom stereocenters. The molecule has 1 heterocycles. The van der Waals surface area contributed by atoms with Gasteiger partial charge in [-0.05, 0) is 42.8 Å². The molecule has 0 spiro atoms. The standard InChI is InChI=1S/C14H12Br2FNO/c1-9-2-3-14(13(7-15)18-9)19-8-10-4-11(16)6-12(17)5-10/h2-6H,7-8H2,1H3. The number of rotatable bonds is 4. The Labute approximate surface area is 128 Å². The molecule has 1 aromatic carbocycles. The molecule has 0 aliphatic heterocycles. The topological polar surface area (TPSA) is 22.1 Å². The van der Waals surface area contributed by atoms with Gasteiger partial charge in [-0.25, -0.2) is 4.39 Å². The van der Waals surface area contributed by atoms with Gasteiger partial charge in [0.25, 0.3) is 0 Å². The fourth-order valence-corrected chi connectivity index (χ4v) is 2.59. The van der Waals surface area contributed by atoms with Crippen LogP contribution >= 0.6 is 31.9 Å². The maximum Gasteiger partial charge on any atom is 0.142 e. The van der Waals surface area contributed by atoms with Gasteiger partial charge >= 0.3 is 0 Å². The molecule has 0 atom stereocenters. The number of aromatic nitrogens is 1. The SMILES string of the molecule is Cc1ccc(OCc2cc(F)cc(Br)c2)c(CBr)n1. The van der Waals surface area contributed by atoms with Crippen LogP contribution in [0.3, 0.4) is 0 Å². The molecule has 2 nitrogen and oxygen atoms in total. The third-order valence-corrected chi connectivity index (χ3v) is 3.50. The largest absolute Gasteiger partial charge is 0.487 e. The molecule has 19 heavy (non-hydrogen) atoms. The van der Waals surface area contributed by atoms with E-state index in [1.807, 2.05) is 25.1 Å². The van der Waals surface area contributed by atoms with E-state index >= 15 is 0 Å². The maximum atomic E-state index is 13.2. The fraction of sp³-hybridized carbons (Fsp3) is 0.214. The van der Waals surface area contributed by atoms with Crippen molar-refractivity contribution in [3.05, 3.63) is 57.6 Å². The molecule has 2 aromatic rings. The summed E-state index contributed by atoms with van der Waals surface area (Å²) in [4.78, 5) is 4.38. The van der Waals surface area contributed by atoms with Crippen molar-refractivity contribution in [1.29, 1.82) is 0 Å². The van der Waals surface area contributed by atoms with Gasteiger partial charge < -0.3 is 4.74 Å². The van der Waals surface area contributed by atoms with E-state index in [0.29, 0.717) is 22.2 Å². The van der Waals surface area contributed by atoms with E-state index in [1.54, 1.807) is 0 Å². The van der Waals surface area contributed by atoms with Crippen LogP contribution in [0, 0.1) is 12.7 Å². The van der Waals surface area contributed by atoms with E-state index in [9.17, 15) is 4.39 Å². The van der Waals surface area contributed by atoms with Crippen molar-refractivity contribution < 1.29 is 9.13 Å². The van der Waals surface area contributed by atoms with E-state index in [2.05, 4.69) is 36.8 Å². The monoisotopic (exact) mass is 387 g/mol. The minimum Gasteiger partial charge on any atom is -0.487 e. The Morgan fingerprint density at radius 1 is 1.26 bits per heavy atom. The molecule has 0 N–H and O–H groups in total. The third-order valence-electron chi connectivity index (χ3n) is 2.51. The second-order valence-electron chi connectivity index (χ2n) is 4.10. The minimum atomic E-state index is -0.282. The van der Waals surface area contributed by atoms with Crippen LogP contribution in [-0.2, 0) is 11.9 Å². The van der Waals surface area contributed by atoms with Gasteiger partial charge in [0.2, 0.25) is 0 Å². The Bertz CT molecular complexity index is 569. The van der Waals surface area contributed by atoms with Crippen molar-refractivity contribution in [2.45, 2.75) is 18.9 Å². The summed E-state index contributed by atoms with van der Waals surface area (Å²) in [6, 6.07) is 8.48. The van der Waals surface area contributed by atoms with Crippen LogP contribution in [0.1, 0.15) is 17.0 Å². The summed E-state index contributed by atoms with van der Waals surface area (Å²) >= 11 is 6.64. The predicted molar refractivity (Wildman–Crippen MR) is 80.0 cm³/mol. The van der Waals surface area contributed by atoms with Crippen molar-refractivity contribution in [3.63, 3.8) is 0 Å². The van der Waals surface area contributed by atoms with Gasteiger partial charge in [-0.2, -0.15) is 0 Å². The average Bonchev–Trinajstić information content (AvgIpc) is 2.36. The Hall–Kier alpha value is -0.940. The van der Waals surface area contributed by atoms with Crippen LogP contribution in [0.2, 0.25) is 0 Å². The van der Waals surface area contributed by atoms with Crippen molar-refractivity contribution in [3.8, 4) is 5.75 Å². The summed E-state index contributed by atoms with van der Waals surface area (Å²) in [5.41, 5.74) is 2.55. The first-order valence-corrected chi connectivity index (χ1v) is 7.60. The highest BCUT2D eigenvalue weighted by atomic mass is 79.9. The predicted octanol–water partition coefficient (Wildman–Crippen LogP) is 4.77. The number of alkyl halides is 1. The van der Waals surface area contributed by atoms with Gasteiger partial charge in [0.05, 0.1) is 5.69 Å². The number of aryl methyl sites for hydroxylation is 1. The zero-order chi connectivity index (χ0) is 13.8. The summed E-state index contributed by atoms with van der Waals surface area (Å²) in [6.45, 7) is 2.24. The molecule has 0 bridgehead atoms. The molecule has 0 saturated heterocycles. The molecule has 1 aromatic heterocycles. The summed E-state index contributed by atoms with van der Waals surface area (Å²) in [5, 5.41) is 0.622. The molecule has 100 valence electrons. The van der Waals surface area contributed by atoms with Crippen LogP contribution in [-0.4, -0.2) is 4.98 Å². The second-order valence-corrected chi connectivity index (χ2v) is 5.57. The third kappa shape index (κ3) is 4.01. The molecule has 0 fully saturated rings. The summed E-state index contributed by atoms with van der Waals surface area (Å²) in [5.74, 6) is 0.429. The first kappa shape index (κ1) is 14.5. The summed E-state index contributed by atoms with van der Waals surface area (Å²) in [6.07, 6.45) is 0. The Morgan fingerprint density at radius 3 is 2.74 bits per heavy atom. The van der Waals surface area contributed by atoms with Crippen molar-refractivity contribution in [2.24, 2.45) is 0 Å². The molecule has 0 saturated carbocycles. The second kappa shape index (κ2) is 6.48. The van der Waals surface area contributed by atoms with Crippen LogP contribution < -0.4 is 4.74 Å². The first-order valence-electron chi connectivity index (χ1n) is 5.69. The van der Waals surface area contributed by atoms with Crippen molar-refractivity contribution in [1.82, 2.24) is 4.98 Å². The fourth-order valence-electron chi connectivity index (χ4n) is 1.68. The van der Waals surface area contributed by atoms with Crippen molar-refractivity contribution >= 4 is 31.9 Å². The molecule has 0 aliphatic carbocycles. The first-order chi connectivity index (χ1) is 9.08. The minimum absolute atomic E-state index is 0.282. The van der Waals surface area contributed by atoms with Crippen LogP contribution in [0.25, 0.3) is 0 Å². The Balaban J connectivity index is 2.14. The Kier molecular flexibility index (Phi) is 4.93. The zero-order valence-corrected chi connectivity index (χ0v) is 13.5. The van der Waals surface area contributed by atoms with Gasteiger partial charge in [0, 0.05) is 15.5 Å². The van der Waals surface area contributed by atoms with E-state index in [1.165, 1.54) is 12.1 Å². The Morgan fingerprint density at radius 2 is 2.05 bits per heavy atom. The molecule has 2 rings (SSSR count). The van der Waals surface area contributed by atoms with E-state index < -0.39 is 0 Å². The van der Waals surface area contributed by atoms with Gasteiger partial charge in [-0.15, -0.1) is 0 Å². The lowest BCUT2D eigenvalue weighted by Crippen LogP contribution is -2.00. The lowest BCUT2D eigenvalue weighted by molar-refractivity contribution is 0.301. The molecular formula is C14H12Br2FNO. The highest BCUT2D eigenvalue weighted by Crippen LogP contribution is 2.22. The van der Waals surface area contributed by atoms with Crippen LogP contribution in [0.4, 0.5) is 4.39 Å². The van der Waals surface area contributed by atoms with Crippen molar-refractivity contribution in [2.75, 3.05) is 0 Å². The van der Waals surface area contributed by atoms with Gasteiger partial charge in [-0.3, -0.25) is 4.98 Å². The van der Waals surface area contributed by atoms with Crippen LogP contribution in [0.5, 0.6) is 5.75 Å². The van der Waals surface area contributed by atoms with Gasteiger partial charge in [-0.1, -0.05) is 31.9 Å². The molecule has 5 heteroatoms. The molecule has 0 amide bonds. The number of pyridine rings is 1. The zero-order valence-electron chi connectivity index (χ0n) is 10.3. The molecule has 0 aliphatic rings. The lowest BCUT2D eigenvalue weighted by Gasteiger charge is -2.10. The van der Waals surface area contributed by atoms with Gasteiger partial charge in [0.15, 0.2) is 0 Å². The molecular weight excluding hydrogens is 377 g/mol. The quantitative estimate of drug-likeness (QED) is 0.704. The van der Waals surface area contributed by atoms with Crippen LogP contribution in [0.15, 0.2) is 34.8 Å². The highest BCUT2D eigenvalue weighted by Gasteiger charge is 2.06. The average molecular weight is 389 g/mol. The van der Waals surface area contributed by atoms with E-state index in [-0.39, 0.29) is 5.82 Å². The maximum absolute atomic E-state index is 13.2. The summed E-state index contributed by atoms with van der Waals surface area (Å²) < 4.78 is 19.6. The van der Waals surface area contributed by atoms with E-state index in [4.69, 9.17) is 4.74 Å². The number of benzene rings is 1.